The highest BCUT2D eigenvalue weighted by atomic mass is 32.1. The van der Waals surface area contributed by atoms with Crippen LogP contribution >= 0.6 is 11.3 Å². The lowest BCUT2D eigenvalue weighted by Crippen LogP contribution is -2.23. The van der Waals surface area contributed by atoms with Crippen LogP contribution in [0.3, 0.4) is 0 Å². The Morgan fingerprint density at radius 2 is 1.92 bits per heavy atom. The van der Waals surface area contributed by atoms with Gasteiger partial charge in [-0.15, -0.1) is 0 Å². The molecule has 2 aromatic carbocycles. The van der Waals surface area contributed by atoms with Crippen molar-refractivity contribution in [1.82, 2.24) is 4.57 Å². The van der Waals surface area contributed by atoms with Gasteiger partial charge in [0.05, 0.1) is 23.7 Å². The number of hydrogen-bond donors (Lipinski definition) is 0. The van der Waals surface area contributed by atoms with Crippen LogP contribution in [-0.2, 0) is 27.3 Å². The van der Waals surface area contributed by atoms with E-state index in [1.807, 2.05) is 6.07 Å². The molecular formula is C18H14F2N2O3S. The van der Waals surface area contributed by atoms with Gasteiger partial charge >= 0.3 is 5.97 Å². The van der Waals surface area contributed by atoms with Crippen LogP contribution in [0.2, 0.25) is 0 Å². The number of fused-ring (bicyclic) bond motifs is 1. The fourth-order valence-electron chi connectivity index (χ4n) is 2.47. The summed E-state index contributed by atoms with van der Waals surface area (Å²) in [5, 5.41) is 0. The van der Waals surface area contributed by atoms with E-state index in [-0.39, 0.29) is 28.0 Å². The molecule has 0 saturated carbocycles. The third-order valence-electron chi connectivity index (χ3n) is 3.63. The minimum atomic E-state index is -0.836. The van der Waals surface area contributed by atoms with E-state index in [0.29, 0.717) is 0 Å². The van der Waals surface area contributed by atoms with Gasteiger partial charge in [-0.25, -0.2) is 8.78 Å². The van der Waals surface area contributed by atoms with Gasteiger partial charge in [0.1, 0.15) is 12.4 Å². The molecule has 0 fully saturated rings. The van der Waals surface area contributed by atoms with E-state index in [0.717, 1.165) is 29.0 Å². The normalized spacial score (nSPS) is 11.7. The molecule has 8 heteroatoms. The molecule has 0 aliphatic rings. The van der Waals surface area contributed by atoms with Gasteiger partial charge in [0.2, 0.25) is 0 Å². The standard InChI is InChI=1S/C18H14F2N2O3S/c1-25-16(24)10-22-17-13(20)8-12(19)9-14(17)26-18(22)21-15(23)7-11-5-3-2-4-6-11/h2-6,8-9H,7,10H2,1H3. The third-order valence-corrected chi connectivity index (χ3v) is 4.65. The first kappa shape index (κ1) is 17.9. The molecule has 1 heterocycles. The van der Waals surface area contributed by atoms with Crippen LogP contribution in [0.5, 0.6) is 0 Å². The monoisotopic (exact) mass is 376 g/mol. The number of benzene rings is 2. The van der Waals surface area contributed by atoms with E-state index < -0.39 is 23.5 Å². The first-order valence-electron chi connectivity index (χ1n) is 7.64. The lowest BCUT2D eigenvalue weighted by atomic mass is 10.1. The van der Waals surface area contributed by atoms with Crippen LogP contribution in [0.15, 0.2) is 47.5 Å². The number of halogens is 2. The van der Waals surface area contributed by atoms with Crippen LogP contribution in [0.25, 0.3) is 10.2 Å². The molecule has 0 bridgehead atoms. The summed E-state index contributed by atoms with van der Waals surface area (Å²) >= 11 is 0.931. The number of aromatic nitrogens is 1. The van der Waals surface area contributed by atoms with Gasteiger partial charge in [-0.2, -0.15) is 4.99 Å². The maximum atomic E-state index is 14.2. The van der Waals surface area contributed by atoms with Crippen LogP contribution in [-0.4, -0.2) is 23.6 Å². The summed E-state index contributed by atoms with van der Waals surface area (Å²) in [5.41, 5.74) is 0.784. The summed E-state index contributed by atoms with van der Waals surface area (Å²) in [6.07, 6.45) is 0.0597. The molecule has 1 aromatic heterocycles. The molecule has 0 aliphatic heterocycles. The zero-order valence-corrected chi connectivity index (χ0v) is 14.6. The highest BCUT2D eigenvalue weighted by molar-refractivity contribution is 7.16. The Balaban J connectivity index is 2.08. The van der Waals surface area contributed by atoms with Crippen molar-refractivity contribution >= 4 is 33.4 Å². The lowest BCUT2D eigenvalue weighted by molar-refractivity contribution is -0.141. The summed E-state index contributed by atoms with van der Waals surface area (Å²) in [7, 11) is 1.20. The van der Waals surface area contributed by atoms with Crippen LogP contribution in [0, 0.1) is 11.6 Å². The minimum Gasteiger partial charge on any atom is -0.468 e. The largest absolute Gasteiger partial charge is 0.468 e. The van der Waals surface area contributed by atoms with Crippen molar-refractivity contribution in [2.75, 3.05) is 7.11 Å². The fraction of sp³-hybridized carbons (Fsp3) is 0.167. The number of amides is 1. The number of rotatable bonds is 4. The van der Waals surface area contributed by atoms with E-state index in [1.54, 1.807) is 24.3 Å². The Kier molecular flexibility index (Phi) is 5.22. The van der Waals surface area contributed by atoms with Crippen molar-refractivity contribution in [3.8, 4) is 0 Å². The number of ether oxygens (including phenoxy) is 1. The molecular weight excluding hydrogens is 362 g/mol. The molecule has 134 valence electrons. The Labute approximate surface area is 151 Å². The Bertz CT molecular complexity index is 1040. The summed E-state index contributed by atoms with van der Waals surface area (Å²) in [6, 6.07) is 10.9. The Hall–Kier alpha value is -2.87. The first-order chi connectivity index (χ1) is 12.5. The second-order valence-electron chi connectivity index (χ2n) is 5.45. The summed E-state index contributed by atoms with van der Waals surface area (Å²) in [4.78, 5) is 28.0. The van der Waals surface area contributed by atoms with E-state index >= 15 is 0 Å². The molecule has 1 amide bonds. The van der Waals surface area contributed by atoms with Crippen molar-refractivity contribution in [2.24, 2.45) is 4.99 Å². The molecule has 0 atom stereocenters. The number of nitrogens with zero attached hydrogens (tertiary/aromatic N) is 2. The number of hydrogen-bond acceptors (Lipinski definition) is 4. The second-order valence-corrected chi connectivity index (χ2v) is 6.46. The van der Waals surface area contributed by atoms with Gasteiger partial charge in [-0.1, -0.05) is 41.7 Å². The topological polar surface area (TPSA) is 60.7 Å². The van der Waals surface area contributed by atoms with Gasteiger partial charge in [-0.3, -0.25) is 9.59 Å². The summed E-state index contributed by atoms with van der Waals surface area (Å²) in [5.74, 6) is -2.67. The molecule has 5 nitrogen and oxygen atoms in total. The molecule has 0 spiro atoms. The van der Waals surface area contributed by atoms with Crippen LogP contribution in [0.4, 0.5) is 8.78 Å². The first-order valence-corrected chi connectivity index (χ1v) is 8.46. The summed E-state index contributed by atoms with van der Waals surface area (Å²) < 4.78 is 33.8. The van der Waals surface area contributed by atoms with Crippen LogP contribution in [0.1, 0.15) is 5.56 Å². The number of carbonyl (C=O) groups is 2. The molecule has 26 heavy (non-hydrogen) atoms. The molecule has 0 radical (unpaired) electrons. The van der Waals surface area contributed by atoms with Gasteiger partial charge in [0.15, 0.2) is 10.6 Å². The van der Waals surface area contributed by atoms with E-state index in [1.165, 1.54) is 11.7 Å². The SMILES string of the molecule is COC(=O)Cn1c(=NC(=O)Cc2ccccc2)sc2cc(F)cc(F)c21. The molecule has 0 N–H and O–H groups in total. The average Bonchev–Trinajstić information content (AvgIpc) is 2.92. The fourth-order valence-corrected chi connectivity index (χ4v) is 3.56. The van der Waals surface area contributed by atoms with E-state index in [4.69, 9.17) is 0 Å². The average molecular weight is 376 g/mol. The zero-order valence-electron chi connectivity index (χ0n) is 13.7. The number of carbonyl (C=O) groups excluding carboxylic acids is 2. The van der Waals surface area contributed by atoms with Crippen molar-refractivity contribution < 1.29 is 23.1 Å². The Morgan fingerprint density at radius 3 is 2.62 bits per heavy atom. The van der Waals surface area contributed by atoms with Crippen molar-refractivity contribution in [2.45, 2.75) is 13.0 Å². The van der Waals surface area contributed by atoms with E-state index in [2.05, 4.69) is 9.73 Å². The quantitative estimate of drug-likeness (QED) is 0.658. The number of esters is 1. The number of thiazole rings is 1. The Morgan fingerprint density at radius 1 is 1.19 bits per heavy atom. The molecule has 3 aromatic rings. The lowest BCUT2D eigenvalue weighted by Gasteiger charge is -2.04. The zero-order chi connectivity index (χ0) is 18.7. The van der Waals surface area contributed by atoms with E-state index in [9.17, 15) is 18.4 Å². The predicted molar refractivity (Wildman–Crippen MR) is 92.5 cm³/mol. The maximum absolute atomic E-state index is 14.2. The van der Waals surface area contributed by atoms with Gasteiger partial charge in [0, 0.05) is 6.07 Å². The predicted octanol–water partition coefficient (Wildman–Crippen LogP) is 2.82. The highest BCUT2D eigenvalue weighted by Gasteiger charge is 2.16. The van der Waals surface area contributed by atoms with Crippen molar-refractivity contribution in [3.05, 3.63) is 64.5 Å². The molecule has 3 rings (SSSR count). The molecule has 0 aliphatic carbocycles. The number of methoxy groups -OCH3 is 1. The molecule has 0 saturated heterocycles. The van der Waals surface area contributed by atoms with Crippen molar-refractivity contribution in [3.63, 3.8) is 0 Å². The summed E-state index contributed by atoms with van der Waals surface area (Å²) in [6.45, 7) is -0.337. The van der Waals surface area contributed by atoms with Gasteiger partial charge < -0.3 is 9.30 Å². The highest BCUT2D eigenvalue weighted by Crippen LogP contribution is 2.22. The van der Waals surface area contributed by atoms with Gasteiger partial charge in [0.25, 0.3) is 5.91 Å². The van der Waals surface area contributed by atoms with Gasteiger partial charge in [-0.05, 0) is 11.6 Å². The van der Waals surface area contributed by atoms with Crippen LogP contribution < -0.4 is 4.80 Å². The second kappa shape index (κ2) is 7.57. The molecule has 0 unspecified atom stereocenters. The smallest absolute Gasteiger partial charge is 0.325 e. The maximum Gasteiger partial charge on any atom is 0.325 e. The minimum absolute atomic E-state index is 0.00746. The van der Waals surface area contributed by atoms with Crippen molar-refractivity contribution in [1.29, 1.82) is 0 Å². The third kappa shape index (κ3) is 3.85.